The summed E-state index contributed by atoms with van der Waals surface area (Å²) in [6, 6.07) is 1.70. The van der Waals surface area contributed by atoms with Gasteiger partial charge in [0, 0.05) is 24.4 Å². The first-order chi connectivity index (χ1) is 10.1. The highest BCUT2D eigenvalue weighted by Crippen LogP contribution is 2.28. The number of rotatable bonds is 3. The molecule has 1 fully saturated rings. The fourth-order valence-electron chi connectivity index (χ4n) is 2.70. The number of aliphatic hydroxyl groups is 1. The molecule has 4 nitrogen and oxygen atoms in total. The van der Waals surface area contributed by atoms with E-state index in [1.165, 1.54) is 6.42 Å². The average Bonchev–Trinajstić information content (AvgIpc) is 2.48. The number of aliphatic hydroxyl groups excluding tert-OH is 1. The Balaban J connectivity index is 2.14. The van der Waals surface area contributed by atoms with Gasteiger partial charge in [-0.15, -0.1) is 0 Å². The van der Waals surface area contributed by atoms with E-state index in [0.717, 1.165) is 25.7 Å². The van der Waals surface area contributed by atoms with E-state index in [1.807, 2.05) is 0 Å². The molecule has 0 saturated heterocycles. The molecule has 0 spiro atoms. The summed E-state index contributed by atoms with van der Waals surface area (Å²) in [6.07, 6.45) is 9.22. The summed E-state index contributed by atoms with van der Waals surface area (Å²) in [7, 11) is 0. The maximum absolute atomic E-state index is 12.5. The Bertz CT molecular complexity index is 551. The van der Waals surface area contributed by atoms with Gasteiger partial charge in [0.1, 0.15) is 0 Å². The first kappa shape index (κ1) is 15.5. The minimum absolute atomic E-state index is 0.0207. The number of aromatic nitrogens is 1. The van der Waals surface area contributed by atoms with Crippen molar-refractivity contribution >= 4 is 5.91 Å². The largest absolute Gasteiger partial charge is 0.395 e. The van der Waals surface area contributed by atoms with Gasteiger partial charge in [-0.05, 0) is 25.8 Å². The number of amides is 1. The molecule has 21 heavy (non-hydrogen) atoms. The molecule has 112 valence electrons. The molecule has 0 bridgehead atoms. The van der Waals surface area contributed by atoms with Crippen LogP contribution in [0.25, 0.3) is 0 Å². The van der Waals surface area contributed by atoms with Crippen LogP contribution in [0.5, 0.6) is 0 Å². The standard InChI is InChI=1S/C17H22N2O2/c1-17(9-4-2-5-10-17)19-16(21)15-8-11-18-13-14(15)7-3-6-12-20/h8,11,13,20H,2,4-6,9-10,12H2,1H3,(H,19,21). The molecule has 0 radical (unpaired) electrons. The summed E-state index contributed by atoms with van der Waals surface area (Å²) in [5.74, 6) is 5.66. The fourth-order valence-corrected chi connectivity index (χ4v) is 2.70. The Morgan fingerprint density at radius 2 is 2.19 bits per heavy atom. The second-order valence-electron chi connectivity index (χ2n) is 5.77. The lowest BCUT2D eigenvalue weighted by Gasteiger charge is -2.34. The van der Waals surface area contributed by atoms with Crippen molar-refractivity contribution in [2.45, 2.75) is 51.0 Å². The van der Waals surface area contributed by atoms with Crippen LogP contribution in [0.4, 0.5) is 0 Å². The molecule has 1 aromatic rings. The maximum Gasteiger partial charge on any atom is 0.253 e. The number of hydrogen-bond acceptors (Lipinski definition) is 3. The lowest BCUT2D eigenvalue weighted by molar-refractivity contribution is 0.0882. The van der Waals surface area contributed by atoms with E-state index < -0.39 is 0 Å². The van der Waals surface area contributed by atoms with Crippen LogP contribution >= 0.6 is 0 Å². The maximum atomic E-state index is 12.5. The predicted octanol–water partition coefficient (Wildman–Crippen LogP) is 2.27. The van der Waals surface area contributed by atoms with Gasteiger partial charge in [0.25, 0.3) is 5.91 Å². The molecule has 0 unspecified atom stereocenters. The van der Waals surface area contributed by atoms with Gasteiger partial charge in [0.05, 0.1) is 17.7 Å². The number of carbonyl (C=O) groups excluding carboxylic acids is 1. The van der Waals surface area contributed by atoms with Crippen molar-refractivity contribution in [2.75, 3.05) is 6.61 Å². The number of pyridine rings is 1. The molecule has 1 aliphatic carbocycles. The first-order valence-corrected chi connectivity index (χ1v) is 7.51. The van der Waals surface area contributed by atoms with Gasteiger partial charge in [-0.25, -0.2) is 0 Å². The fraction of sp³-hybridized carbons (Fsp3) is 0.529. The summed E-state index contributed by atoms with van der Waals surface area (Å²) in [5, 5.41) is 11.9. The number of nitrogens with one attached hydrogen (secondary N) is 1. The Kier molecular flexibility index (Phi) is 5.35. The molecule has 1 saturated carbocycles. The second kappa shape index (κ2) is 7.24. The zero-order chi connectivity index (χ0) is 15.1. The molecule has 1 heterocycles. The lowest BCUT2D eigenvalue weighted by atomic mass is 9.83. The Morgan fingerprint density at radius 1 is 1.43 bits per heavy atom. The van der Waals surface area contributed by atoms with Crippen LogP contribution in [-0.2, 0) is 0 Å². The summed E-state index contributed by atoms with van der Waals surface area (Å²) in [5.41, 5.74) is 1.05. The SMILES string of the molecule is CC1(NC(=O)c2ccncc2C#CCCO)CCCCC1. The average molecular weight is 286 g/mol. The first-order valence-electron chi connectivity index (χ1n) is 7.51. The van der Waals surface area contributed by atoms with E-state index in [1.54, 1.807) is 18.5 Å². The molecule has 0 atom stereocenters. The van der Waals surface area contributed by atoms with Crippen LogP contribution in [0.3, 0.4) is 0 Å². The Morgan fingerprint density at radius 3 is 2.90 bits per heavy atom. The molecule has 0 aliphatic heterocycles. The van der Waals surface area contributed by atoms with E-state index in [9.17, 15) is 4.79 Å². The third kappa shape index (κ3) is 4.30. The van der Waals surface area contributed by atoms with Gasteiger partial charge >= 0.3 is 0 Å². The molecule has 2 rings (SSSR count). The van der Waals surface area contributed by atoms with Crippen LogP contribution in [-0.4, -0.2) is 28.1 Å². The van der Waals surface area contributed by atoms with Gasteiger partial charge < -0.3 is 10.4 Å². The molecule has 4 heteroatoms. The van der Waals surface area contributed by atoms with E-state index in [2.05, 4.69) is 29.1 Å². The summed E-state index contributed by atoms with van der Waals surface area (Å²) < 4.78 is 0. The molecular weight excluding hydrogens is 264 g/mol. The highest BCUT2D eigenvalue weighted by Gasteiger charge is 2.29. The molecule has 1 aliphatic rings. The molecule has 0 aromatic carbocycles. The molecular formula is C17H22N2O2. The van der Waals surface area contributed by atoms with Crippen molar-refractivity contribution in [3.8, 4) is 11.8 Å². The zero-order valence-corrected chi connectivity index (χ0v) is 12.5. The van der Waals surface area contributed by atoms with Crippen LogP contribution in [0.2, 0.25) is 0 Å². The molecule has 1 aromatic heterocycles. The van der Waals surface area contributed by atoms with E-state index in [-0.39, 0.29) is 18.1 Å². The van der Waals surface area contributed by atoms with Crippen molar-refractivity contribution in [2.24, 2.45) is 0 Å². The van der Waals surface area contributed by atoms with Crippen molar-refractivity contribution < 1.29 is 9.90 Å². The highest BCUT2D eigenvalue weighted by molar-refractivity contribution is 5.97. The third-order valence-electron chi connectivity index (χ3n) is 3.90. The monoisotopic (exact) mass is 286 g/mol. The summed E-state index contributed by atoms with van der Waals surface area (Å²) >= 11 is 0. The highest BCUT2D eigenvalue weighted by atomic mass is 16.2. The Labute approximate surface area is 126 Å². The number of carbonyl (C=O) groups is 1. The van der Waals surface area contributed by atoms with Crippen molar-refractivity contribution in [1.82, 2.24) is 10.3 Å². The smallest absolute Gasteiger partial charge is 0.253 e. The zero-order valence-electron chi connectivity index (χ0n) is 12.5. The Hall–Kier alpha value is -1.86. The summed E-state index contributed by atoms with van der Waals surface area (Å²) in [4.78, 5) is 16.5. The second-order valence-corrected chi connectivity index (χ2v) is 5.77. The third-order valence-corrected chi connectivity index (χ3v) is 3.90. The minimum Gasteiger partial charge on any atom is -0.395 e. The number of hydrogen-bond donors (Lipinski definition) is 2. The van der Waals surface area contributed by atoms with Gasteiger partial charge in [-0.1, -0.05) is 31.1 Å². The van der Waals surface area contributed by atoms with Gasteiger partial charge in [-0.2, -0.15) is 0 Å². The van der Waals surface area contributed by atoms with E-state index in [0.29, 0.717) is 17.5 Å². The van der Waals surface area contributed by atoms with Crippen molar-refractivity contribution in [1.29, 1.82) is 0 Å². The normalized spacial score (nSPS) is 16.7. The predicted molar refractivity (Wildman–Crippen MR) is 81.8 cm³/mol. The summed E-state index contributed by atoms with van der Waals surface area (Å²) in [6.45, 7) is 2.13. The minimum atomic E-state index is -0.117. The lowest BCUT2D eigenvalue weighted by Crippen LogP contribution is -2.47. The molecule has 2 N–H and O–H groups in total. The van der Waals surface area contributed by atoms with Crippen molar-refractivity contribution in [3.63, 3.8) is 0 Å². The molecule has 1 amide bonds. The van der Waals surface area contributed by atoms with Crippen LogP contribution in [0.15, 0.2) is 18.5 Å². The number of nitrogens with zero attached hydrogens (tertiary/aromatic N) is 1. The van der Waals surface area contributed by atoms with Gasteiger partial charge in [0.15, 0.2) is 0 Å². The van der Waals surface area contributed by atoms with Crippen LogP contribution in [0.1, 0.15) is 61.4 Å². The van der Waals surface area contributed by atoms with Gasteiger partial charge in [0.2, 0.25) is 0 Å². The topological polar surface area (TPSA) is 62.2 Å². The van der Waals surface area contributed by atoms with Gasteiger partial charge in [-0.3, -0.25) is 9.78 Å². The quantitative estimate of drug-likeness (QED) is 0.838. The van der Waals surface area contributed by atoms with Crippen LogP contribution < -0.4 is 5.32 Å². The van der Waals surface area contributed by atoms with Crippen LogP contribution in [0, 0.1) is 11.8 Å². The van der Waals surface area contributed by atoms with Crippen molar-refractivity contribution in [3.05, 3.63) is 29.6 Å². The van der Waals surface area contributed by atoms with E-state index in [4.69, 9.17) is 5.11 Å². The van der Waals surface area contributed by atoms with E-state index >= 15 is 0 Å².